The molecule has 2 nitrogen and oxygen atoms in total. The molecule has 0 spiro atoms. The monoisotopic (exact) mass is 267 g/mol. The normalized spacial score (nSPS) is 40.3. The molecule has 2 N–H and O–H groups in total. The fourth-order valence-electron chi connectivity index (χ4n) is 3.99. The number of hydrogen-bond acceptors (Lipinski definition) is 2. The van der Waals surface area contributed by atoms with E-state index in [2.05, 4.69) is 13.8 Å². The molecule has 2 fully saturated rings. The van der Waals surface area contributed by atoms with E-state index in [1.807, 2.05) is 0 Å². The van der Waals surface area contributed by atoms with Gasteiger partial charge in [-0.2, -0.15) is 0 Å². The first-order chi connectivity index (χ1) is 9.21. The molecule has 0 saturated heterocycles. The van der Waals surface area contributed by atoms with E-state index in [0.717, 1.165) is 18.4 Å². The number of ether oxygens (including phenoxy) is 1. The third-order valence-corrected chi connectivity index (χ3v) is 5.75. The van der Waals surface area contributed by atoms with Gasteiger partial charge in [0.05, 0.1) is 11.7 Å². The van der Waals surface area contributed by atoms with Gasteiger partial charge in [0.1, 0.15) is 0 Å². The van der Waals surface area contributed by atoms with Crippen molar-refractivity contribution in [2.45, 2.75) is 89.8 Å². The Balaban J connectivity index is 1.82. The molecule has 0 bridgehead atoms. The zero-order chi connectivity index (χ0) is 13.7. The van der Waals surface area contributed by atoms with E-state index in [9.17, 15) is 0 Å². The highest BCUT2D eigenvalue weighted by atomic mass is 16.5. The van der Waals surface area contributed by atoms with E-state index in [4.69, 9.17) is 10.5 Å². The Hall–Kier alpha value is -0.0800. The maximum Gasteiger partial charge on any atom is 0.0808 e. The minimum Gasteiger partial charge on any atom is -0.370 e. The average molecular weight is 267 g/mol. The van der Waals surface area contributed by atoms with Crippen LogP contribution in [0.3, 0.4) is 0 Å². The first kappa shape index (κ1) is 15.3. The van der Waals surface area contributed by atoms with E-state index in [1.54, 1.807) is 0 Å². The van der Waals surface area contributed by atoms with Crippen LogP contribution in [0.1, 0.15) is 78.1 Å². The summed E-state index contributed by atoms with van der Waals surface area (Å²) in [6.45, 7) is 5.35. The lowest BCUT2D eigenvalue weighted by molar-refractivity contribution is -0.126. The van der Waals surface area contributed by atoms with Crippen LogP contribution in [0, 0.1) is 11.8 Å². The molecule has 0 atom stereocenters. The van der Waals surface area contributed by atoms with Crippen LogP contribution >= 0.6 is 0 Å². The minimum absolute atomic E-state index is 0.0232. The third kappa shape index (κ3) is 3.95. The Labute approximate surface area is 119 Å². The van der Waals surface area contributed by atoms with Crippen molar-refractivity contribution in [3.8, 4) is 0 Å². The second-order valence-electron chi connectivity index (χ2n) is 6.91. The molecule has 112 valence electrons. The molecule has 0 aromatic carbocycles. The Kier molecular flexibility index (Phi) is 5.70. The summed E-state index contributed by atoms with van der Waals surface area (Å²) in [5.41, 5.74) is 6.09. The second-order valence-corrected chi connectivity index (χ2v) is 6.91. The molecular formula is C17H33NO. The van der Waals surface area contributed by atoms with Crippen molar-refractivity contribution in [1.29, 1.82) is 0 Å². The molecule has 19 heavy (non-hydrogen) atoms. The van der Waals surface area contributed by atoms with Gasteiger partial charge in [0.15, 0.2) is 0 Å². The van der Waals surface area contributed by atoms with Crippen LogP contribution in [-0.4, -0.2) is 18.2 Å². The van der Waals surface area contributed by atoms with Gasteiger partial charge in [-0.3, -0.25) is 0 Å². The van der Waals surface area contributed by atoms with Crippen molar-refractivity contribution < 1.29 is 4.74 Å². The molecule has 0 unspecified atom stereocenters. The first-order valence-electron chi connectivity index (χ1n) is 8.59. The number of nitrogens with two attached hydrogens (primary N) is 1. The number of hydrogen-bond donors (Lipinski definition) is 1. The smallest absolute Gasteiger partial charge is 0.0808 e. The predicted octanol–water partition coefficient (Wildman–Crippen LogP) is 4.27. The zero-order valence-electron chi connectivity index (χ0n) is 13.0. The summed E-state index contributed by atoms with van der Waals surface area (Å²) >= 11 is 0. The van der Waals surface area contributed by atoms with E-state index < -0.39 is 0 Å². The highest BCUT2D eigenvalue weighted by Crippen LogP contribution is 2.39. The molecule has 2 rings (SSSR count). The molecule has 2 aliphatic rings. The lowest BCUT2D eigenvalue weighted by Gasteiger charge is -2.43. The Morgan fingerprint density at radius 2 is 1.42 bits per heavy atom. The van der Waals surface area contributed by atoms with Crippen LogP contribution in [0.5, 0.6) is 0 Å². The van der Waals surface area contributed by atoms with Crippen molar-refractivity contribution >= 4 is 0 Å². The highest BCUT2D eigenvalue weighted by Gasteiger charge is 2.37. The summed E-state index contributed by atoms with van der Waals surface area (Å²) in [6.07, 6.45) is 13.4. The Bertz CT molecular complexity index is 250. The Morgan fingerprint density at radius 1 is 0.895 bits per heavy atom. The van der Waals surface area contributed by atoms with Crippen molar-refractivity contribution in [2.75, 3.05) is 6.54 Å². The van der Waals surface area contributed by atoms with Gasteiger partial charge in [-0.15, -0.1) is 0 Å². The Morgan fingerprint density at radius 3 is 1.89 bits per heavy atom. The van der Waals surface area contributed by atoms with Crippen LogP contribution in [0.4, 0.5) is 0 Å². The van der Waals surface area contributed by atoms with Gasteiger partial charge in [0.25, 0.3) is 0 Å². The quantitative estimate of drug-likeness (QED) is 0.807. The summed E-state index contributed by atoms with van der Waals surface area (Å²) in [5, 5.41) is 0. The summed E-state index contributed by atoms with van der Waals surface area (Å²) < 4.78 is 6.53. The van der Waals surface area contributed by atoms with Crippen LogP contribution in [-0.2, 0) is 4.74 Å². The van der Waals surface area contributed by atoms with Gasteiger partial charge in [0.2, 0.25) is 0 Å². The number of rotatable bonds is 5. The standard InChI is InChI=1S/C17H33NO/c1-3-14-5-7-16(8-6-14)19-17(13-18)11-9-15(4-2)10-12-17/h14-16H,3-13,18H2,1-2H3. The largest absolute Gasteiger partial charge is 0.370 e. The molecule has 0 amide bonds. The maximum absolute atomic E-state index is 6.53. The van der Waals surface area contributed by atoms with Crippen molar-refractivity contribution in [1.82, 2.24) is 0 Å². The van der Waals surface area contributed by atoms with Gasteiger partial charge >= 0.3 is 0 Å². The lowest BCUT2D eigenvalue weighted by atomic mass is 9.77. The lowest BCUT2D eigenvalue weighted by Crippen LogP contribution is -2.47. The average Bonchev–Trinajstić information content (AvgIpc) is 2.49. The fourth-order valence-corrected chi connectivity index (χ4v) is 3.99. The van der Waals surface area contributed by atoms with Crippen molar-refractivity contribution in [3.63, 3.8) is 0 Å². The van der Waals surface area contributed by atoms with E-state index in [0.29, 0.717) is 6.10 Å². The zero-order valence-corrected chi connectivity index (χ0v) is 13.0. The highest BCUT2D eigenvalue weighted by molar-refractivity contribution is 4.90. The van der Waals surface area contributed by atoms with Crippen molar-refractivity contribution in [3.05, 3.63) is 0 Å². The maximum atomic E-state index is 6.53. The molecule has 0 radical (unpaired) electrons. The van der Waals surface area contributed by atoms with E-state index in [1.165, 1.54) is 64.2 Å². The minimum atomic E-state index is 0.0232. The fraction of sp³-hybridized carbons (Fsp3) is 1.00. The second kappa shape index (κ2) is 7.08. The van der Waals surface area contributed by atoms with E-state index >= 15 is 0 Å². The topological polar surface area (TPSA) is 35.2 Å². The molecule has 2 aliphatic carbocycles. The van der Waals surface area contributed by atoms with Gasteiger partial charge in [0, 0.05) is 6.54 Å². The van der Waals surface area contributed by atoms with Crippen LogP contribution in [0.25, 0.3) is 0 Å². The van der Waals surface area contributed by atoms with Gasteiger partial charge in [-0.05, 0) is 63.2 Å². The van der Waals surface area contributed by atoms with Crippen molar-refractivity contribution in [2.24, 2.45) is 17.6 Å². The van der Waals surface area contributed by atoms with Crippen LogP contribution in [0.15, 0.2) is 0 Å². The van der Waals surface area contributed by atoms with Gasteiger partial charge < -0.3 is 10.5 Å². The SMILES string of the molecule is CCC1CCC(OC2(CN)CCC(CC)CC2)CC1. The van der Waals surface area contributed by atoms with Gasteiger partial charge in [-0.1, -0.05) is 26.7 Å². The third-order valence-electron chi connectivity index (χ3n) is 5.75. The molecule has 2 saturated carbocycles. The van der Waals surface area contributed by atoms with E-state index in [-0.39, 0.29) is 5.60 Å². The summed E-state index contributed by atoms with van der Waals surface area (Å²) in [7, 11) is 0. The summed E-state index contributed by atoms with van der Waals surface area (Å²) in [5.74, 6) is 1.86. The van der Waals surface area contributed by atoms with Crippen LogP contribution < -0.4 is 5.73 Å². The molecule has 0 aromatic heterocycles. The first-order valence-corrected chi connectivity index (χ1v) is 8.59. The molecular weight excluding hydrogens is 234 g/mol. The summed E-state index contributed by atoms with van der Waals surface area (Å²) in [6, 6.07) is 0. The molecule has 0 aromatic rings. The van der Waals surface area contributed by atoms with Crippen LogP contribution in [0.2, 0.25) is 0 Å². The summed E-state index contributed by atoms with van der Waals surface area (Å²) in [4.78, 5) is 0. The molecule has 2 heteroatoms. The van der Waals surface area contributed by atoms with Gasteiger partial charge in [-0.25, -0.2) is 0 Å². The molecule has 0 heterocycles. The predicted molar refractivity (Wildman–Crippen MR) is 81.2 cm³/mol. The molecule has 0 aliphatic heterocycles.